The Kier molecular flexibility index (Phi) is 5.05. The molecular weight excluding hydrogens is 334 g/mol. The molecule has 0 aliphatic carbocycles. The summed E-state index contributed by atoms with van der Waals surface area (Å²) in [5, 5.41) is 4.75. The van der Waals surface area contributed by atoms with Gasteiger partial charge in [0.05, 0.1) is 5.52 Å². The highest BCUT2D eigenvalue weighted by molar-refractivity contribution is 5.95. The maximum absolute atomic E-state index is 12.9. The van der Waals surface area contributed by atoms with Crippen LogP contribution in [0.15, 0.2) is 60.8 Å². The third-order valence-corrected chi connectivity index (χ3v) is 5.40. The van der Waals surface area contributed by atoms with Gasteiger partial charge in [-0.25, -0.2) is 4.52 Å². The summed E-state index contributed by atoms with van der Waals surface area (Å²) in [7, 11) is 0. The molecule has 0 bridgehead atoms. The molecule has 2 aromatic heterocycles. The number of piperidine rings is 1. The van der Waals surface area contributed by atoms with Crippen molar-refractivity contribution in [2.24, 2.45) is 0 Å². The van der Waals surface area contributed by atoms with E-state index in [1.165, 1.54) is 6.42 Å². The van der Waals surface area contributed by atoms with Crippen LogP contribution in [0.5, 0.6) is 0 Å². The number of amides is 1. The van der Waals surface area contributed by atoms with E-state index in [0.29, 0.717) is 6.04 Å². The molecule has 1 saturated heterocycles. The third kappa shape index (κ3) is 3.52. The Hall–Kier alpha value is -2.88. The number of fused-ring (bicyclic) bond motifs is 1. The number of nitrogens with zero attached hydrogens (tertiary/aromatic N) is 3. The summed E-state index contributed by atoms with van der Waals surface area (Å²) in [5.41, 5.74) is 3.94. The van der Waals surface area contributed by atoms with Crippen molar-refractivity contribution in [3.63, 3.8) is 0 Å². The van der Waals surface area contributed by atoms with E-state index in [0.717, 1.165) is 48.1 Å². The maximum Gasteiger partial charge on any atom is 0.246 e. The van der Waals surface area contributed by atoms with Crippen LogP contribution in [-0.2, 0) is 4.79 Å². The van der Waals surface area contributed by atoms with Crippen LogP contribution in [0.3, 0.4) is 0 Å². The second-order valence-electron chi connectivity index (χ2n) is 7.08. The van der Waals surface area contributed by atoms with Crippen LogP contribution in [0.1, 0.15) is 38.2 Å². The number of carbonyl (C=O) groups excluding carboxylic acids is 1. The van der Waals surface area contributed by atoms with E-state index in [-0.39, 0.29) is 5.91 Å². The van der Waals surface area contributed by atoms with Crippen LogP contribution >= 0.6 is 0 Å². The van der Waals surface area contributed by atoms with Crippen LogP contribution in [0.2, 0.25) is 0 Å². The van der Waals surface area contributed by atoms with E-state index >= 15 is 0 Å². The molecule has 0 radical (unpaired) electrons. The van der Waals surface area contributed by atoms with Gasteiger partial charge in [-0.15, -0.1) is 0 Å². The van der Waals surface area contributed by atoms with Gasteiger partial charge in [0, 0.05) is 36.0 Å². The molecule has 0 spiro atoms. The van der Waals surface area contributed by atoms with E-state index in [4.69, 9.17) is 5.10 Å². The first-order chi connectivity index (χ1) is 13.3. The topological polar surface area (TPSA) is 37.6 Å². The fourth-order valence-corrected chi connectivity index (χ4v) is 3.96. The van der Waals surface area contributed by atoms with Gasteiger partial charge in [0.15, 0.2) is 0 Å². The second kappa shape index (κ2) is 7.78. The average Bonchev–Trinajstić information content (AvgIpc) is 3.11. The Morgan fingerprint density at radius 3 is 2.78 bits per heavy atom. The zero-order chi connectivity index (χ0) is 18.6. The van der Waals surface area contributed by atoms with Crippen LogP contribution in [0, 0.1) is 0 Å². The van der Waals surface area contributed by atoms with Crippen molar-refractivity contribution in [3.05, 3.63) is 66.4 Å². The first kappa shape index (κ1) is 17.5. The summed E-state index contributed by atoms with van der Waals surface area (Å²) >= 11 is 0. The largest absolute Gasteiger partial charge is 0.336 e. The Morgan fingerprint density at radius 2 is 1.96 bits per heavy atom. The monoisotopic (exact) mass is 359 g/mol. The molecule has 4 heteroatoms. The van der Waals surface area contributed by atoms with Crippen molar-refractivity contribution >= 4 is 17.5 Å². The molecule has 1 fully saturated rings. The molecule has 1 aliphatic heterocycles. The first-order valence-electron chi connectivity index (χ1n) is 9.79. The van der Waals surface area contributed by atoms with Gasteiger partial charge in [-0.05, 0) is 43.9 Å². The van der Waals surface area contributed by atoms with Gasteiger partial charge in [0.2, 0.25) is 5.91 Å². The molecule has 0 unspecified atom stereocenters. The maximum atomic E-state index is 12.9. The van der Waals surface area contributed by atoms with Crippen molar-refractivity contribution in [3.8, 4) is 11.3 Å². The SMILES string of the molecule is CC[C@@H]1CCCCN1C(=O)/C=C/c1c(-c2ccccc2)nn2ccccc12. The van der Waals surface area contributed by atoms with Crippen molar-refractivity contribution in [2.75, 3.05) is 6.54 Å². The van der Waals surface area contributed by atoms with Gasteiger partial charge in [-0.2, -0.15) is 5.10 Å². The minimum atomic E-state index is 0.107. The fourth-order valence-electron chi connectivity index (χ4n) is 3.96. The normalized spacial score (nSPS) is 17.7. The molecule has 138 valence electrons. The number of pyridine rings is 1. The molecule has 3 heterocycles. The molecule has 1 atom stereocenters. The summed E-state index contributed by atoms with van der Waals surface area (Å²) in [6.07, 6.45) is 10.1. The molecule has 1 aliphatic rings. The quantitative estimate of drug-likeness (QED) is 0.627. The molecule has 3 aromatic rings. The van der Waals surface area contributed by atoms with Crippen molar-refractivity contribution in [1.29, 1.82) is 0 Å². The van der Waals surface area contributed by atoms with Gasteiger partial charge >= 0.3 is 0 Å². The zero-order valence-electron chi connectivity index (χ0n) is 15.7. The van der Waals surface area contributed by atoms with Crippen molar-refractivity contribution in [1.82, 2.24) is 14.5 Å². The number of likely N-dealkylation sites (tertiary alicyclic amines) is 1. The number of hydrogen-bond acceptors (Lipinski definition) is 2. The van der Waals surface area contributed by atoms with E-state index in [9.17, 15) is 4.79 Å². The van der Waals surface area contributed by atoms with Crippen molar-refractivity contribution < 1.29 is 4.79 Å². The lowest BCUT2D eigenvalue weighted by Crippen LogP contribution is -2.42. The Bertz CT molecular complexity index is 958. The first-order valence-corrected chi connectivity index (χ1v) is 9.79. The number of aromatic nitrogens is 2. The number of rotatable bonds is 4. The van der Waals surface area contributed by atoms with Crippen LogP contribution in [0.4, 0.5) is 0 Å². The Labute approximate surface area is 160 Å². The smallest absolute Gasteiger partial charge is 0.246 e. The van der Waals surface area contributed by atoms with Crippen LogP contribution in [-0.4, -0.2) is 33.0 Å². The molecule has 27 heavy (non-hydrogen) atoms. The lowest BCUT2D eigenvalue weighted by atomic mass is 10.00. The highest BCUT2D eigenvalue weighted by Gasteiger charge is 2.23. The molecular formula is C23H25N3O. The molecule has 4 nitrogen and oxygen atoms in total. The molecule has 1 amide bonds. The minimum Gasteiger partial charge on any atom is -0.336 e. The molecule has 0 N–H and O–H groups in total. The van der Waals surface area contributed by atoms with Crippen LogP contribution < -0.4 is 0 Å². The summed E-state index contributed by atoms with van der Waals surface area (Å²) < 4.78 is 1.88. The number of carbonyl (C=O) groups is 1. The van der Waals surface area contributed by atoms with E-state index in [2.05, 4.69) is 19.1 Å². The highest BCUT2D eigenvalue weighted by Crippen LogP contribution is 2.27. The van der Waals surface area contributed by atoms with E-state index in [1.54, 1.807) is 6.08 Å². The Balaban J connectivity index is 1.70. The summed E-state index contributed by atoms with van der Waals surface area (Å²) in [6.45, 7) is 3.03. The minimum absolute atomic E-state index is 0.107. The molecule has 0 saturated carbocycles. The van der Waals surface area contributed by atoms with Crippen LogP contribution in [0.25, 0.3) is 22.9 Å². The summed E-state index contributed by atoms with van der Waals surface area (Å²) in [6, 6.07) is 16.5. The van der Waals surface area contributed by atoms with Gasteiger partial charge < -0.3 is 4.90 Å². The highest BCUT2D eigenvalue weighted by atomic mass is 16.2. The second-order valence-corrected chi connectivity index (χ2v) is 7.08. The summed E-state index contributed by atoms with van der Waals surface area (Å²) in [4.78, 5) is 14.9. The van der Waals surface area contributed by atoms with E-state index < -0.39 is 0 Å². The van der Waals surface area contributed by atoms with Gasteiger partial charge in [-0.1, -0.05) is 43.3 Å². The zero-order valence-corrected chi connectivity index (χ0v) is 15.7. The third-order valence-electron chi connectivity index (χ3n) is 5.40. The fraction of sp³-hybridized carbons (Fsp3) is 0.304. The predicted molar refractivity (Wildman–Crippen MR) is 109 cm³/mol. The molecule has 1 aromatic carbocycles. The predicted octanol–water partition coefficient (Wildman–Crippen LogP) is 4.81. The standard InChI is InChI=1S/C23H25N3O/c1-2-19-12-6-8-16-25(19)22(27)15-14-20-21-13-7-9-17-26(21)24-23(20)18-10-4-3-5-11-18/h3-5,7,9-11,13-15,17,19H,2,6,8,12,16H2,1H3/b15-14+/t19-/m1/s1. The van der Waals surface area contributed by atoms with Gasteiger partial charge in [0.1, 0.15) is 5.69 Å². The van der Waals surface area contributed by atoms with Gasteiger partial charge in [0.25, 0.3) is 0 Å². The van der Waals surface area contributed by atoms with Gasteiger partial charge in [-0.3, -0.25) is 4.79 Å². The summed E-state index contributed by atoms with van der Waals surface area (Å²) in [5.74, 6) is 0.107. The van der Waals surface area contributed by atoms with Crippen molar-refractivity contribution in [2.45, 2.75) is 38.6 Å². The van der Waals surface area contributed by atoms with E-state index in [1.807, 2.05) is 58.1 Å². The molecule has 4 rings (SSSR count). The Morgan fingerprint density at radius 1 is 1.15 bits per heavy atom. The number of benzene rings is 1. The lowest BCUT2D eigenvalue weighted by Gasteiger charge is -2.34. The average molecular weight is 359 g/mol. The lowest BCUT2D eigenvalue weighted by molar-refractivity contribution is -0.129. The number of hydrogen-bond donors (Lipinski definition) is 0.